The monoisotopic (exact) mass is 566 g/mol. The van der Waals surface area contributed by atoms with Gasteiger partial charge in [0.05, 0.1) is 6.26 Å². The van der Waals surface area contributed by atoms with Gasteiger partial charge in [0.2, 0.25) is 0 Å². The number of fused-ring (bicyclic) bond motifs is 10. The highest BCUT2D eigenvalue weighted by Crippen LogP contribution is 2.50. The molecule has 10 aromatic rings. The largest absolute Gasteiger partial charge is 0.464 e. The molecule has 3 heterocycles. The van der Waals surface area contributed by atoms with E-state index in [4.69, 9.17) is 8.83 Å². The highest BCUT2D eigenvalue weighted by Gasteiger charge is 2.23. The number of para-hydroxylation sites is 1. The van der Waals surface area contributed by atoms with Crippen molar-refractivity contribution in [2.75, 3.05) is 0 Å². The Morgan fingerprint density at radius 3 is 1.74 bits per heavy atom. The van der Waals surface area contributed by atoms with Crippen molar-refractivity contribution in [2.45, 2.75) is 0 Å². The standard InChI is InChI=1S/C40H22O2S/c1-3-12-25-23(10-1)36(30-16-9-19-35-38(30)29-15-6-8-18-34(29)43-35)24-11-2-4-13-26(24)37(25)31-22-33-28(20-21-41-33)39-27-14-5-7-17-32(27)42-40(31)39/h1-22H. The molecule has 3 aromatic heterocycles. The van der Waals surface area contributed by atoms with E-state index in [1.807, 2.05) is 17.4 Å². The molecule has 0 aliphatic rings. The van der Waals surface area contributed by atoms with Crippen molar-refractivity contribution in [1.82, 2.24) is 0 Å². The zero-order chi connectivity index (χ0) is 28.1. The van der Waals surface area contributed by atoms with Gasteiger partial charge >= 0.3 is 0 Å². The van der Waals surface area contributed by atoms with Gasteiger partial charge in [-0.25, -0.2) is 0 Å². The van der Waals surface area contributed by atoms with E-state index in [0.29, 0.717) is 0 Å². The molecule has 10 rings (SSSR count). The minimum Gasteiger partial charge on any atom is -0.464 e. The molecule has 0 bridgehead atoms. The third-order valence-electron chi connectivity index (χ3n) is 8.95. The molecule has 0 aliphatic heterocycles. The molecule has 0 unspecified atom stereocenters. The summed E-state index contributed by atoms with van der Waals surface area (Å²) in [4.78, 5) is 0. The number of benzene rings is 7. The molecule has 0 atom stereocenters. The SMILES string of the molecule is c1ccc2c(c1)oc1c(-c3c4ccccc4c(-c4cccc5sc6ccccc6c45)c4ccccc34)cc3occc3c12. The summed E-state index contributed by atoms with van der Waals surface area (Å²) in [5, 5.41) is 10.7. The maximum absolute atomic E-state index is 6.68. The number of furan rings is 2. The van der Waals surface area contributed by atoms with Gasteiger partial charge in [-0.15, -0.1) is 11.3 Å². The number of rotatable bonds is 2. The predicted molar refractivity (Wildman–Crippen MR) is 182 cm³/mol. The van der Waals surface area contributed by atoms with E-state index in [1.165, 1.54) is 58.4 Å². The maximum atomic E-state index is 6.68. The zero-order valence-corrected chi connectivity index (χ0v) is 23.7. The smallest absolute Gasteiger partial charge is 0.144 e. The highest BCUT2D eigenvalue weighted by atomic mass is 32.1. The lowest BCUT2D eigenvalue weighted by Crippen LogP contribution is -1.91. The normalized spacial score (nSPS) is 12.2. The van der Waals surface area contributed by atoms with Crippen molar-refractivity contribution >= 4 is 86.0 Å². The van der Waals surface area contributed by atoms with Gasteiger partial charge in [-0.1, -0.05) is 97.1 Å². The second kappa shape index (κ2) is 8.57. The Morgan fingerprint density at radius 2 is 1.00 bits per heavy atom. The van der Waals surface area contributed by atoms with Gasteiger partial charge in [0.1, 0.15) is 16.7 Å². The Bertz CT molecular complexity index is 2680. The molecular formula is C40H22O2S. The van der Waals surface area contributed by atoms with E-state index in [-0.39, 0.29) is 0 Å². The van der Waals surface area contributed by atoms with Crippen LogP contribution in [-0.4, -0.2) is 0 Å². The van der Waals surface area contributed by atoms with E-state index >= 15 is 0 Å². The Labute approximate surface area is 250 Å². The van der Waals surface area contributed by atoms with Gasteiger partial charge in [-0.2, -0.15) is 0 Å². The molecule has 200 valence electrons. The average molecular weight is 567 g/mol. The first kappa shape index (κ1) is 23.2. The zero-order valence-electron chi connectivity index (χ0n) is 22.9. The molecule has 2 nitrogen and oxygen atoms in total. The van der Waals surface area contributed by atoms with Gasteiger partial charge in [0.15, 0.2) is 0 Å². The molecule has 3 heteroatoms. The van der Waals surface area contributed by atoms with Crippen molar-refractivity contribution in [2.24, 2.45) is 0 Å². The molecule has 0 saturated carbocycles. The molecule has 0 spiro atoms. The Morgan fingerprint density at radius 1 is 0.419 bits per heavy atom. The second-order valence-corrected chi connectivity index (χ2v) is 12.3. The third-order valence-corrected chi connectivity index (χ3v) is 10.1. The van der Waals surface area contributed by atoms with Crippen LogP contribution in [0.2, 0.25) is 0 Å². The minimum absolute atomic E-state index is 0.862. The summed E-state index contributed by atoms with van der Waals surface area (Å²) in [6, 6.07) is 45.7. The fourth-order valence-corrected chi connectivity index (χ4v) is 8.35. The topological polar surface area (TPSA) is 26.3 Å². The van der Waals surface area contributed by atoms with Crippen LogP contribution in [0.5, 0.6) is 0 Å². The Kier molecular flexibility index (Phi) is 4.63. The van der Waals surface area contributed by atoms with Gasteiger partial charge in [-0.05, 0) is 63.0 Å². The summed E-state index contributed by atoms with van der Waals surface area (Å²) in [6.07, 6.45) is 1.78. The quantitative estimate of drug-likeness (QED) is 0.195. The van der Waals surface area contributed by atoms with Crippen LogP contribution in [0.15, 0.2) is 142 Å². The summed E-state index contributed by atoms with van der Waals surface area (Å²) < 4.78 is 15.4. The lowest BCUT2D eigenvalue weighted by molar-refractivity contribution is 0.615. The molecule has 0 fully saturated rings. The molecule has 0 aliphatic carbocycles. The van der Waals surface area contributed by atoms with E-state index in [0.717, 1.165) is 38.5 Å². The molecule has 0 N–H and O–H groups in total. The van der Waals surface area contributed by atoms with Crippen LogP contribution in [-0.2, 0) is 0 Å². The first-order chi connectivity index (χ1) is 21.3. The summed E-state index contributed by atoms with van der Waals surface area (Å²) >= 11 is 1.86. The van der Waals surface area contributed by atoms with Crippen LogP contribution < -0.4 is 0 Å². The van der Waals surface area contributed by atoms with E-state index in [2.05, 4.69) is 121 Å². The van der Waals surface area contributed by atoms with Crippen LogP contribution >= 0.6 is 11.3 Å². The van der Waals surface area contributed by atoms with Crippen LogP contribution in [0.25, 0.3) is 96.9 Å². The summed E-state index contributed by atoms with van der Waals surface area (Å²) in [5.41, 5.74) is 7.39. The lowest BCUT2D eigenvalue weighted by atomic mass is 9.84. The third kappa shape index (κ3) is 3.12. The van der Waals surface area contributed by atoms with Crippen molar-refractivity contribution in [1.29, 1.82) is 0 Å². The summed E-state index contributed by atoms with van der Waals surface area (Å²) in [5.74, 6) is 0. The fourth-order valence-electron chi connectivity index (χ4n) is 7.22. The molecule has 0 amide bonds. The van der Waals surface area contributed by atoms with Crippen molar-refractivity contribution in [3.05, 3.63) is 134 Å². The summed E-state index contributed by atoms with van der Waals surface area (Å²) in [7, 11) is 0. The molecule has 43 heavy (non-hydrogen) atoms. The summed E-state index contributed by atoms with van der Waals surface area (Å²) in [6.45, 7) is 0. The number of hydrogen-bond donors (Lipinski definition) is 0. The van der Waals surface area contributed by atoms with Gasteiger partial charge in [-0.3, -0.25) is 0 Å². The number of thiophene rings is 1. The average Bonchev–Trinajstić information content (AvgIpc) is 3.78. The number of hydrogen-bond acceptors (Lipinski definition) is 3. The predicted octanol–water partition coefficient (Wildman–Crippen LogP) is 12.3. The van der Waals surface area contributed by atoms with Crippen LogP contribution in [0.4, 0.5) is 0 Å². The van der Waals surface area contributed by atoms with Gasteiger partial charge in [0.25, 0.3) is 0 Å². The van der Waals surface area contributed by atoms with Crippen molar-refractivity contribution < 1.29 is 8.83 Å². The highest BCUT2D eigenvalue weighted by molar-refractivity contribution is 7.25. The van der Waals surface area contributed by atoms with E-state index in [1.54, 1.807) is 6.26 Å². The Balaban J connectivity index is 1.41. The maximum Gasteiger partial charge on any atom is 0.144 e. The minimum atomic E-state index is 0.862. The van der Waals surface area contributed by atoms with Crippen LogP contribution in [0, 0.1) is 0 Å². The lowest BCUT2D eigenvalue weighted by Gasteiger charge is -2.18. The first-order valence-corrected chi connectivity index (χ1v) is 15.3. The fraction of sp³-hybridized carbons (Fsp3) is 0. The molecule has 0 radical (unpaired) electrons. The van der Waals surface area contributed by atoms with E-state index < -0.39 is 0 Å². The van der Waals surface area contributed by atoms with Crippen molar-refractivity contribution in [3.8, 4) is 22.3 Å². The molecular weight excluding hydrogens is 545 g/mol. The van der Waals surface area contributed by atoms with Gasteiger partial charge in [0, 0.05) is 47.5 Å². The first-order valence-electron chi connectivity index (χ1n) is 14.5. The molecule has 0 saturated heterocycles. The van der Waals surface area contributed by atoms with Crippen molar-refractivity contribution in [3.63, 3.8) is 0 Å². The second-order valence-electron chi connectivity index (χ2n) is 11.2. The molecule has 7 aromatic carbocycles. The van der Waals surface area contributed by atoms with Crippen LogP contribution in [0.1, 0.15) is 0 Å². The Hall–Kier alpha value is -5.38. The van der Waals surface area contributed by atoms with Gasteiger partial charge < -0.3 is 8.83 Å². The van der Waals surface area contributed by atoms with Crippen LogP contribution in [0.3, 0.4) is 0 Å². The van der Waals surface area contributed by atoms with E-state index in [9.17, 15) is 0 Å².